The highest BCUT2D eigenvalue weighted by atomic mass is 16.5. The van der Waals surface area contributed by atoms with Crippen LogP contribution in [0.1, 0.15) is 30.0 Å². The third-order valence-corrected chi connectivity index (χ3v) is 5.54. The molecule has 1 aromatic carbocycles. The van der Waals surface area contributed by atoms with Crippen molar-refractivity contribution < 1.29 is 18.7 Å². The maximum Gasteiger partial charge on any atom is 0.340 e. The summed E-state index contributed by atoms with van der Waals surface area (Å²) in [4.78, 5) is 27.4. The Morgan fingerprint density at radius 1 is 1.23 bits per heavy atom. The zero-order chi connectivity index (χ0) is 22.4. The molecule has 2 heterocycles. The number of rotatable bonds is 9. The minimum Gasteiger partial charge on any atom is -0.489 e. The molecule has 1 aliphatic rings. The standard InChI is InChI=1S/C24H32N2O5/c1-16(2)15-30-21-7-6-19-17(3)20(24(28)31-23(19)18(21)4)14-22(27)25-8-5-9-26-10-12-29-13-11-26/h6-7H,1,5,8-15H2,2-4H3,(H,25,27). The number of hydrogen-bond acceptors (Lipinski definition) is 6. The van der Waals surface area contributed by atoms with E-state index in [0.717, 1.165) is 61.4 Å². The lowest BCUT2D eigenvalue weighted by Crippen LogP contribution is -2.38. The number of benzene rings is 1. The zero-order valence-corrected chi connectivity index (χ0v) is 18.7. The lowest BCUT2D eigenvalue weighted by molar-refractivity contribution is -0.120. The topological polar surface area (TPSA) is 81.0 Å². The summed E-state index contributed by atoms with van der Waals surface area (Å²) in [6.07, 6.45) is 0.873. The summed E-state index contributed by atoms with van der Waals surface area (Å²) >= 11 is 0. The van der Waals surface area contributed by atoms with E-state index in [1.54, 1.807) is 0 Å². The second-order valence-corrected chi connectivity index (χ2v) is 8.14. The Labute approximate surface area is 183 Å². The molecule has 0 saturated carbocycles. The molecule has 0 aliphatic carbocycles. The lowest BCUT2D eigenvalue weighted by atomic mass is 10.0. The van der Waals surface area contributed by atoms with Crippen LogP contribution in [-0.2, 0) is 16.0 Å². The molecule has 0 atom stereocenters. The van der Waals surface area contributed by atoms with Gasteiger partial charge in [-0.2, -0.15) is 0 Å². The number of hydrogen-bond donors (Lipinski definition) is 1. The van der Waals surface area contributed by atoms with Crippen molar-refractivity contribution in [3.63, 3.8) is 0 Å². The third kappa shape index (κ3) is 5.95. The van der Waals surface area contributed by atoms with Crippen molar-refractivity contribution in [2.45, 2.75) is 33.6 Å². The van der Waals surface area contributed by atoms with Crippen LogP contribution in [0.25, 0.3) is 11.0 Å². The number of fused-ring (bicyclic) bond motifs is 1. The van der Waals surface area contributed by atoms with Gasteiger partial charge in [-0.05, 0) is 57.0 Å². The quantitative estimate of drug-likeness (QED) is 0.376. The largest absolute Gasteiger partial charge is 0.489 e. The Morgan fingerprint density at radius 3 is 2.68 bits per heavy atom. The molecule has 0 bridgehead atoms. The molecule has 168 valence electrons. The van der Waals surface area contributed by atoms with Crippen LogP contribution in [0, 0.1) is 13.8 Å². The Kier molecular flexibility index (Phi) is 7.87. The average molecular weight is 429 g/mol. The SMILES string of the molecule is C=C(C)COc1ccc2c(C)c(CC(=O)NCCCN3CCOCC3)c(=O)oc2c1C. The van der Waals surface area contributed by atoms with E-state index in [4.69, 9.17) is 13.9 Å². The monoisotopic (exact) mass is 428 g/mol. The maximum atomic E-state index is 12.6. The van der Waals surface area contributed by atoms with Crippen LogP contribution in [0.2, 0.25) is 0 Å². The number of carbonyl (C=O) groups excluding carboxylic acids is 1. The summed E-state index contributed by atoms with van der Waals surface area (Å²) < 4.78 is 16.7. The number of ether oxygens (including phenoxy) is 2. The molecule has 7 nitrogen and oxygen atoms in total. The third-order valence-electron chi connectivity index (χ3n) is 5.54. The molecular weight excluding hydrogens is 396 g/mol. The van der Waals surface area contributed by atoms with Gasteiger partial charge in [0.05, 0.1) is 25.2 Å². The molecule has 1 N–H and O–H groups in total. The molecule has 1 fully saturated rings. The van der Waals surface area contributed by atoms with Gasteiger partial charge in [0.1, 0.15) is 17.9 Å². The molecule has 3 rings (SSSR count). The molecule has 0 unspecified atom stereocenters. The van der Waals surface area contributed by atoms with Crippen LogP contribution in [0.5, 0.6) is 5.75 Å². The number of nitrogens with zero attached hydrogens (tertiary/aromatic N) is 1. The lowest BCUT2D eigenvalue weighted by Gasteiger charge is -2.26. The number of aryl methyl sites for hydroxylation is 2. The smallest absolute Gasteiger partial charge is 0.340 e. The summed E-state index contributed by atoms with van der Waals surface area (Å²) in [5, 5.41) is 3.73. The molecule has 1 aliphatic heterocycles. The molecule has 1 amide bonds. The molecule has 2 aromatic rings. The minimum atomic E-state index is -0.478. The number of morpholine rings is 1. The fraction of sp³-hybridized carbons (Fsp3) is 0.500. The van der Waals surface area contributed by atoms with Crippen molar-refractivity contribution in [3.8, 4) is 5.75 Å². The number of carbonyl (C=O) groups is 1. The van der Waals surface area contributed by atoms with E-state index in [-0.39, 0.29) is 12.3 Å². The average Bonchev–Trinajstić information content (AvgIpc) is 2.75. The van der Waals surface area contributed by atoms with Gasteiger partial charge in [0.15, 0.2) is 0 Å². The molecule has 31 heavy (non-hydrogen) atoms. The van der Waals surface area contributed by atoms with Crippen molar-refractivity contribution >= 4 is 16.9 Å². The summed E-state index contributed by atoms with van der Waals surface area (Å²) in [5.74, 6) is 0.485. The molecule has 0 spiro atoms. The van der Waals surface area contributed by atoms with E-state index in [9.17, 15) is 9.59 Å². The van der Waals surface area contributed by atoms with Gasteiger partial charge in [0, 0.05) is 30.6 Å². The van der Waals surface area contributed by atoms with Crippen LogP contribution in [0.4, 0.5) is 0 Å². The van der Waals surface area contributed by atoms with Gasteiger partial charge in [-0.1, -0.05) is 6.58 Å². The second kappa shape index (κ2) is 10.6. The highest BCUT2D eigenvalue weighted by Crippen LogP contribution is 2.29. The van der Waals surface area contributed by atoms with Crippen LogP contribution in [0.3, 0.4) is 0 Å². The van der Waals surface area contributed by atoms with E-state index < -0.39 is 5.63 Å². The Balaban J connectivity index is 1.64. The minimum absolute atomic E-state index is 0.00855. The van der Waals surface area contributed by atoms with E-state index in [2.05, 4.69) is 16.8 Å². The summed E-state index contributed by atoms with van der Waals surface area (Å²) in [5.41, 5.74) is 2.85. The molecular formula is C24H32N2O5. The molecule has 1 aromatic heterocycles. The van der Waals surface area contributed by atoms with Crippen LogP contribution in [-0.4, -0.2) is 56.8 Å². The highest BCUT2D eigenvalue weighted by Gasteiger charge is 2.18. The summed E-state index contributed by atoms with van der Waals surface area (Å²) in [6, 6.07) is 3.74. The Bertz CT molecular complexity index is 1010. The normalized spacial score (nSPS) is 14.5. The van der Waals surface area contributed by atoms with E-state index in [0.29, 0.717) is 30.0 Å². The van der Waals surface area contributed by atoms with Gasteiger partial charge in [0.25, 0.3) is 0 Å². The summed E-state index contributed by atoms with van der Waals surface area (Å²) in [7, 11) is 0. The number of nitrogens with one attached hydrogen (secondary N) is 1. The first-order valence-corrected chi connectivity index (χ1v) is 10.8. The van der Waals surface area contributed by atoms with Crippen molar-refractivity contribution in [1.29, 1.82) is 0 Å². The first kappa shape index (κ1) is 23.0. The van der Waals surface area contributed by atoms with Crippen LogP contribution < -0.4 is 15.7 Å². The molecule has 0 radical (unpaired) electrons. The predicted molar refractivity (Wildman–Crippen MR) is 121 cm³/mol. The fourth-order valence-electron chi connectivity index (χ4n) is 3.71. The van der Waals surface area contributed by atoms with Crippen LogP contribution in [0.15, 0.2) is 33.5 Å². The van der Waals surface area contributed by atoms with Gasteiger partial charge in [-0.25, -0.2) is 4.79 Å². The first-order valence-electron chi connectivity index (χ1n) is 10.8. The van der Waals surface area contributed by atoms with Gasteiger partial charge in [-0.3, -0.25) is 9.69 Å². The fourth-order valence-corrected chi connectivity index (χ4v) is 3.71. The van der Waals surface area contributed by atoms with Crippen LogP contribution >= 0.6 is 0 Å². The van der Waals surface area contributed by atoms with E-state index >= 15 is 0 Å². The molecule has 7 heteroatoms. The van der Waals surface area contributed by atoms with Crippen molar-refractivity contribution in [1.82, 2.24) is 10.2 Å². The van der Waals surface area contributed by atoms with Gasteiger partial charge in [-0.15, -0.1) is 0 Å². The van der Waals surface area contributed by atoms with Crippen molar-refractivity contribution in [2.24, 2.45) is 0 Å². The summed E-state index contributed by atoms with van der Waals surface area (Å²) in [6.45, 7) is 14.8. The van der Waals surface area contributed by atoms with E-state index in [1.165, 1.54) is 0 Å². The maximum absolute atomic E-state index is 12.6. The van der Waals surface area contributed by atoms with Gasteiger partial charge in [0.2, 0.25) is 5.91 Å². The second-order valence-electron chi connectivity index (χ2n) is 8.14. The van der Waals surface area contributed by atoms with Crippen molar-refractivity contribution in [2.75, 3.05) is 46.0 Å². The van der Waals surface area contributed by atoms with Gasteiger partial charge < -0.3 is 19.2 Å². The van der Waals surface area contributed by atoms with E-state index in [1.807, 2.05) is 32.9 Å². The van der Waals surface area contributed by atoms with Crippen molar-refractivity contribution in [3.05, 3.63) is 51.4 Å². The Hall–Kier alpha value is -2.64. The first-order chi connectivity index (χ1) is 14.9. The number of amides is 1. The highest BCUT2D eigenvalue weighted by molar-refractivity contribution is 5.87. The Morgan fingerprint density at radius 2 is 1.97 bits per heavy atom. The molecule has 1 saturated heterocycles. The van der Waals surface area contributed by atoms with Gasteiger partial charge >= 0.3 is 5.63 Å². The predicted octanol–water partition coefficient (Wildman–Crippen LogP) is 2.75. The zero-order valence-electron chi connectivity index (χ0n) is 18.7.